The van der Waals surface area contributed by atoms with Crippen molar-refractivity contribution >= 4 is 5.91 Å². The van der Waals surface area contributed by atoms with Gasteiger partial charge in [-0.25, -0.2) is 0 Å². The van der Waals surface area contributed by atoms with Crippen molar-refractivity contribution < 1.29 is 9.53 Å². The number of carbonyl (C=O) groups is 1. The van der Waals surface area contributed by atoms with Gasteiger partial charge in [0.25, 0.3) is 0 Å². The highest BCUT2D eigenvalue weighted by Gasteiger charge is 2.18. The summed E-state index contributed by atoms with van der Waals surface area (Å²) in [5.41, 5.74) is 0. The van der Waals surface area contributed by atoms with Gasteiger partial charge < -0.3 is 9.64 Å². The van der Waals surface area contributed by atoms with Crippen molar-refractivity contribution in [2.24, 2.45) is 11.8 Å². The Hall–Kier alpha value is -0.570. The molecule has 3 nitrogen and oxygen atoms in total. The number of rotatable bonds is 4. The van der Waals surface area contributed by atoms with Crippen molar-refractivity contribution in [1.82, 2.24) is 4.90 Å². The molecule has 0 N–H and O–H groups in total. The van der Waals surface area contributed by atoms with Crippen molar-refractivity contribution in [3.05, 3.63) is 0 Å². The van der Waals surface area contributed by atoms with Crippen LogP contribution in [0.3, 0.4) is 0 Å². The number of carbonyl (C=O) groups excluding carboxylic acids is 1. The van der Waals surface area contributed by atoms with E-state index >= 15 is 0 Å². The van der Waals surface area contributed by atoms with Gasteiger partial charge >= 0.3 is 0 Å². The molecule has 1 aliphatic heterocycles. The van der Waals surface area contributed by atoms with Crippen LogP contribution in [0.1, 0.15) is 33.1 Å². The Morgan fingerprint density at radius 3 is 2.53 bits per heavy atom. The van der Waals surface area contributed by atoms with E-state index in [1.54, 1.807) is 0 Å². The summed E-state index contributed by atoms with van der Waals surface area (Å²) in [6, 6.07) is 0. The van der Waals surface area contributed by atoms with E-state index in [0.717, 1.165) is 32.6 Å². The molecule has 1 heterocycles. The Morgan fingerprint density at radius 1 is 1.40 bits per heavy atom. The van der Waals surface area contributed by atoms with Gasteiger partial charge in [0.05, 0.1) is 0 Å². The highest BCUT2D eigenvalue weighted by molar-refractivity contribution is 5.76. The number of hydrogen-bond donors (Lipinski definition) is 0. The quantitative estimate of drug-likeness (QED) is 0.714. The van der Waals surface area contributed by atoms with Gasteiger partial charge in [-0.1, -0.05) is 13.8 Å². The average molecular weight is 213 g/mol. The Kier molecular flexibility index (Phi) is 5.09. The molecule has 0 aromatic rings. The lowest BCUT2D eigenvalue weighted by atomic mass is 9.99. The van der Waals surface area contributed by atoms with Gasteiger partial charge in [-0.15, -0.1) is 0 Å². The average Bonchev–Trinajstić information content (AvgIpc) is 2.18. The molecule has 0 aromatic heterocycles. The van der Waals surface area contributed by atoms with E-state index in [0.29, 0.717) is 18.3 Å². The van der Waals surface area contributed by atoms with Gasteiger partial charge in [0.15, 0.2) is 0 Å². The van der Waals surface area contributed by atoms with Gasteiger partial charge in [-0.3, -0.25) is 4.79 Å². The van der Waals surface area contributed by atoms with E-state index in [4.69, 9.17) is 4.74 Å². The fraction of sp³-hybridized carbons (Fsp3) is 0.917. The first-order chi connectivity index (χ1) is 7.09. The second-order valence-electron chi connectivity index (χ2n) is 4.93. The Morgan fingerprint density at radius 2 is 2.00 bits per heavy atom. The van der Waals surface area contributed by atoms with E-state index in [-0.39, 0.29) is 5.91 Å². The summed E-state index contributed by atoms with van der Waals surface area (Å²) in [5.74, 6) is 1.37. The molecule has 0 aromatic carbocycles. The summed E-state index contributed by atoms with van der Waals surface area (Å²) in [5, 5.41) is 0. The van der Waals surface area contributed by atoms with Crippen LogP contribution in [0, 0.1) is 11.8 Å². The first-order valence-electron chi connectivity index (χ1n) is 5.91. The molecule has 0 spiro atoms. The molecule has 15 heavy (non-hydrogen) atoms. The summed E-state index contributed by atoms with van der Waals surface area (Å²) in [6.07, 6.45) is 2.86. The lowest BCUT2D eigenvalue weighted by Crippen LogP contribution is -2.34. The van der Waals surface area contributed by atoms with Gasteiger partial charge in [-0.2, -0.15) is 0 Å². The zero-order valence-electron chi connectivity index (χ0n) is 10.2. The smallest absolute Gasteiger partial charge is 0.222 e. The van der Waals surface area contributed by atoms with Crippen molar-refractivity contribution in [2.75, 3.05) is 26.8 Å². The van der Waals surface area contributed by atoms with Crippen molar-refractivity contribution in [2.45, 2.75) is 33.1 Å². The summed E-state index contributed by atoms with van der Waals surface area (Å²) < 4.78 is 5.30. The van der Waals surface area contributed by atoms with E-state index in [1.807, 2.05) is 11.9 Å². The predicted molar refractivity (Wildman–Crippen MR) is 60.6 cm³/mol. The minimum Gasteiger partial charge on any atom is -0.381 e. The maximum Gasteiger partial charge on any atom is 0.222 e. The summed E-state index contributed by atoms with van der Waals surface area (Å²) >= 11 is 0. The molecule has 0 radical (unpaired) electrons. The highest BCUT2D eigenvalue weighted by Crippen LogP contribution is 2.16. The summed E-state index contributed by atoms with van der Waals surface area (Å²) in [7, 11) is 1.92. The van der Waals surface area contributed by atoms with Gasteiger partial charge in [0, 0.05) is 33.2 Å². The van der Waals surface area contributed by atoms with Crippen LogP contribution in [0.2, 0.25) is 0 Å². The van der Waals surface area contributed by atoms with Crippen LogP contribution in [-0.2, 0) is 9.53 Å². The van der Waals surface area contributed by atoms with Crippen molar-refractivity contribution in [1.29, 1.82) is 0 Å². The van der Waals surface area contributed by atoms with Crippen molar-refractivity contribution in [3.63, 3.8) is 0 Å². The molecule has 88 valence electrons. The van der Waals surface area contributed by atoms with Crippen LogP contribution < -0.4 is 0 Å². The zero-order valence-corrected chi connectivity index (χ0v) is 10.2. The van der Waals surface area contributed by atoms with Crippen LogP contribution in [-0.4, -0.2) is 37.6 Å². The number of ether oxygens (including phenoxy) is 1. The van der Waals surface area contributed by atoms with Crippen molar-refractivity contribution in [3.8, 4) is 0 Å². The highest BCUT2D eigenvalue weighted by atomic mass is 16.5. The third-order valence-electron chi connectivity index (χ3n) is 2.88. The molecule has 0 saturated carbocycles. The number of hydrogen-bond acceptors (Lipinski definition) is 2. The molecule has 0 bridgehead atoms. The van der Waals surface area contributed by atoms with Crippen LogP contribution >= 0.6 is 0 Å². The Bertz CT molecular complexity index is 198. The van der Waals surface area contributed by atoms with E-state index < -0.39 is 0 Å². The zero-order chi connectivity index (χ0) is 11.3. The third kappa shape index (κ3) is 4.65. The number of nitrogens with zero attached hydrogens (tertiary/aromatic N) is 1. The molecule has 0 unspecified atom stereocenters. The summed E-state index contributed by atoms with van der Waals surface area (Å²) in [4.78, 5) is 13.6. The fourth-order valence-corrected chi connectivity index (χ4v) is 1.92. The molecule has 1 rings (SSSR count). The third-order valence-corrected chi connectivity index (χ3v) is 2.88. The van der Waals surface area contributed by atoms with Gasteiger partial charge in [0.1, 0.15) is 0 Å². The maximum absolute atomic E-state index is 11.7. The first-order valence-corrected chi connectivity index (χ1v) is 5.91. The minimum atomic E-state index is 0.275. The predicted octanol–water partition coefficient (Wildman–Crippen LogP) is 1.92. The Labute approximate surface area is 92.8 Å². The second-order valence-corrected chi connectivity index (χ2v) is 4.93. The van der Waals surface area contributed by atoms with Gasteiger partial charge in [-0.05, 0) is 24.7 Å². The molecule has 0 atom stereocenters. The van der Waals surface area contributed by atoms with Gasteiger partial charge in [0.2, 0.25) is 5.91 Å². The standard InChI is InChI=1S/C12H23NO2/c1-10(2)8-12(14)13(3)9-11-4-6-15-7-5-11/h10-11H,4-9H2,1-3H3. The van der Waals surface area contributed by atoms with E-state index in [1.165, 1.54) is 0 Å². The topological polar surface area (TPSA) is 29.5 Å². The molecule has 1 aliphatic rings. The molecule has 3 heteroatoms. The monoisotopic (exact) mass is 213 g/mol. The largest absolute Gasteiger partial charge is 0.381 e. The maximum atomic E-state index is 11.7. The normalized spacial score (nSPS) is 18.1. The van der Waals surface area contributed by atoms with E-state index in [2.05, 4.69) is 13.8 Å². The first kappa shape index (κ1) is 12.5. The lowest BCUT2D eigenvalue weighted by Gasteiger charge is -2.27. The molecule has 1 saturated heterocycles. The molecule has 0 aliphatic carbocycles. The SMILES string of the molecule is CC(C)CC(=O)N(C)CC1CCOCC1. The van der Waals surface area contributed by atoms with Crippen LogP contribution in [0.5, 0.6) is 0 Å². The molecular formula is C12H23NO2. The van der Waals surface area contributed by atoms with Crippen LogP contribution in [0.4, 0.5) is 0 Å². The fourth-order valence-electron chi connectivity index (χ4n) is 1.92. The van der Waals surface area contributed by atoms with E-state index in [9.17, 15) is 4.79 Å². The molecular weight excluding hydrogens is 190 g/mol. The number of amides is 1. The Balaban J connectivity index is 2.26. The second kappa shape index (κ2) is 6.11. The van der Waals surface area contributed by atoms with Crippen LogP contribution in [0.15, 0.2) is 0 Å². The molecule has 1 fully saturated rings. The molecule has 1 amide bonds. The minimum absolute atomic E-state index is 0.275. The van der Waals surface area contributed by atoms with Crippen LogP contribution in [0.25, 0.3) is 0 Å². The summed E-state index contributed by atoms with van der Waals surface area (Å²) in [6.45, 7) is 6.78. The lowest BCUT2D eigenvalue weighted by molar-refractivity contribution is -0.131.